The van der Waals surface area contributed by atoms with Crippen LogP contribution in [-0.2, 0) is 11.8 Å². The maximum atomic E-state index is 12.5. The number of hydrogen-bond donors (Lipinski definition) is 1. The minimum Gasteiger partial charge on any atom is -0.497 e. The van der Waals surface area contributed by atoms with E-state index in [1.165, 1.54) is 23.1 Å². The minimum atomic E-state index is -0.321. The molecule has 1 amide bonds. The van der Waals surface area contributed by atoms with Crippen molar-refractivity contribution in [1.29, 1.82) is 0 Å². The zero-order chi connectivity index (χ0) is 20.8. The summed E-state index contributed by atoms with van der Waals surface area (Å²) in [5.41, 5.74) is 0. The maximum absolute atomic E-state index is 12.5. The van der Waals surface area contributed by atoms with Crippen LogP contribution in [-0.4, -0.2) is 38.0 Å². The third-order valence-electron chi connectivity index (χ3n) is 4.16. The van der Waals surface area contributed by atoms with E-state index in [2.05, 4.69) is 20.5 Å². The van der Waals surface area contributed by atoms with E-state index < -0.39 is 0 Å². The fraction of sp³-hybridized carbons (Fsp3) is 0.368. The Morgan fingerprint density at radius 3 is 2.83 bits per heavy atom. The van der Waals surface area contributed by atoms with Crippen molar-refractivity contribution in [2.75, 3.05) is 12.4 Å². The van der Waals surface area contributed by atoms with Crippen LogP contribution in [0.3, 0.4) is 0 Å². The predicted molar refractivity (Wildman–Crippen MR) is 114 cm³/mol. The summed E-state index contributed by atoms with van der Waals surface area (Å²) in [4.78, 5) is 16.6. The van der Waals surface area contributed by atoms with Gasteiger partial charge in [-0.25, -0.2) is 4.98 Å². The second-order valence-electron chi connectivity index (χ2n) is 6.18. The van der Waals surface area contributed by atoms with E-state index in [1.807, 2.05) is 55.1 Å². The molecule has 154 valence electrons. The smallest absolute Gasteiger partial charge is 0.239 e. The second-order valence-corrected chi connectivity index (χ2v) is 8.24. The molecule has 2 heterocycles. The quantitative estimate of drug-likeness (QED) is 0.511. The summed E-state index contributed by atoms with van der Waals surface area (Å²) in [5.74, 6) is 1.98. The first-order valence-corrected chi connectivity index (χ1v) is 10.8. The Labute approximate surface area is 177 Å². The molecule has 1 N–H and O–H groups in total. The van der Waals surface area contributed by atoms with Gasteiger partial charge in [0.05, 0.1) is 12.4 Å². The topological polar surface area (TPSA) is 91.2 Å². The lowest BCUT2D eigenvalue weighted by Crippen LogP contribution is -2.25. The molecular weight excluding hydrogens is 410 g/mol. The standard InChI is InChI=1S/C19H23N5O3S2/c1-5-15(17(25)21-18-20-9-10-28-18)29-19-23-22-16(24(19)3)12(2)27-14-8-6-7-13(11-14)26-4/h6-12,15H,5H2,1-4H3,(H,20,21,25). The lowest BCUT2D eigenvalue weighted by atomic mass is 10.3. The highest BCUT2D eigenvalue weighted by Crippen LogP contribution is 2.29. The average molecular weight is 434 g/mol. The Balaban J connectivity index is 1.67. The van der Waals surface area contributed by atoms with Crippen molar-refractivity contribution in [3.05, 3.63) is 41.7 Å². The molecule has 0 bridgehead atoms. The van der Waals surface area contributed by atoms with E-state index >= 15 is 0 Å². The van der Waals surface area contributed by atoms with E-state index in [4.69, 9.17) is 9.47 Å². The number of nitrogens with one attached hydrogen (secondary N) is 1. The molecule has 0 fully saturated rings. The number of nitrogens with zero attached hydrogens (tertiary/aromatic N) is 4. The molecule has 0 radical (unpaired) electrons. The first-order valence-electron chi connectivity index (χ1n) is 9.08. The summed E-state index contributed by atoms with van der Waals surface area (Å²) in [6.07, 6.45) is 1.99. The van der Waals surface area contributed by atoms with Crippen LogP contribution in [0.25, 0.3) is 0 Å². The fourth-order valence-corrected chi connectivity index (χ4v) is 4.09. The van der Waals surface area contributed by atoms with E-state index in [-0.39, 0.29) is 17.3 Å². The number of amides is 1. The van der Waals surface area contributed by atoms with Gasteiger partial charge >= 0.3 is 0 Å². The van der Waals surface area contributed by atoms with Crippen molar-refractivity contribution >= 4 is 34.1 Å². The molecule has 29 heavy (non-hydrogen) atoms. The van der Waals surface area contributed by atoms with Crippen LogP contribution in [0.15, 0.2) is 41.0 Å². The van der Waals surface area contributed by atoms with Crippen LogP contribution in [0.1, 0.15) is 32.2 Å². The number of methoxy groups -OCH3 is 1. The van der Waals surface area contributed by atoms with Crippen molar-refractivity contribution < 1.29 is 14.3 Å². The van der Waals surface area contributed by atoms with Crippen LogP contribution < -0.4 is 14.8 Å². The molecule has 3 aromatic rings. The summed E-state index contributed by atoms with van der Waals surface area (Å²) in [5, 5.41) is 14.1. The molecule has 3 rings (SSSR count). The number of thioether (sulfide) groups is 1. The van der Waals surface area contributed by atoms with E-state index in [0.29, 0.717) is 28.3 Å². The van der Waals surface area contributed by atoms with Gasteiger partial charge < -0.3 is 19.4 Å². The van der Waals surface area contributed by atoms with Gasteiger partial charge in [-0.2, -0.15) is 0 Å². The highest BCUT2D eigenvalue weighted by molar-refractivity contribution is 8.00. The first-order chi connectivity index (χ1) is 14.0. The molecule has 2 unspecified atom stereocenters. The van der Waals surface area contributed by atoms with Crippen molar-refractivity contribution in [2.24, 2.45) is 7.05 Å². The normalized spacial score (nSPS) is 13.0. The summed E-state index contributed by atoms with van der Waals surface area (Å²) in [6.45, 7) is 3.87. The molecule has 1 aromatic carbocycles. The molecule has 0 spiro atoms. The second kappa shape index (κ2) is 9.75. The van der Waals surface area contributed by atoms with Crippen molar-refractivity contribution in [2.45, 2.75) is 36.8 Å². The first kappa shape index (κ1) is 21.1. The van der Waals surface area contributed by atoms with Gasteiger partial charge in [-0.05, 0) is 25.5 Å². The Hall–Kier alpha value is -2.59. The highest BCUT2D eigenvalue weighted by Gasteiger charge is 2.24. The number of aromatic nitrogens is 4. The van der Waals surface area contributed by atoms with E-state index in [1.54, 1.807) is 13.3 Å². The number of carbonyl (C=O) groups excluding carboxylic acids is 1. The van der Waals surface area contributed by atoms with Gasteiger partial charge in [-0.3, -0.25) is 4.79 Å². The molecule has 10 heteroatoms. The molecule has 2 aromatic heterocycles. The van der Waals surface area contributed by atoms with Crippen molar-refractivity contribution in [1.82, 2.24) is 19.7 Å². The average Bonchev–Trinajstić information content (AvgIpc) is 3.35. The molecule has 0 saturated carbocycles. The molecule has 0 saturated heterocycles. The third-order valence-corrected chi connectivity index (χ3v) is 6.25. The number of rotatable bonds is 9. The van der Waals surface area contributed by atoms with Gasteiger partial charge in [-0.15, -0.1) is 21.5 Å². The Morgan fingerprint density at radius 1 is 1.34 bits per heavy atom. The minimum absolute atomic E-state index is 0.0994. The summed E-state index contributed by atoms with van der Waals surface area (Å²) >= 11 is 2.76. The lowest BCUT2D eigenvalue weighted by Gasteiger charge is -2.16. The fourth-order valence-electron chi connectivity index (χ4n) is 2.63. The summed E-state index contributed by atoms with van der Waals surface area (Å²) in [6, 6.07) is 7.40. The maximum Gasteiger partial charge on any atom is 0.239 e. The number of thiazole rings is 1. The van der Waals surface area contributed by atoms with E-state index in [0.717, 1.165) is 5.75 Å². The lowest BCUT2D eigenvalue weighted by molar-refractivity contribution is -0.115. The number of carbonyl (C=O) groups is 1. The Morgan fingerprint density at radius 2 is 2.14 bits per heavy atom. The molecule has 8 nitrogen and oxygen atoms in total. The van der Waals surface area contributed by atoms with Crippen LogP contribution in [0, 0.1) is 0 Å². The van der Waals surface area contributed by atoms with Gasteiger partial charge in [-0.1, -0.05) is 24.8 Å². The Bertz CT molecular complexity index is 945. The largest absolute Gasteiger partial charge is 0.497 e. The summed E-state index contributed by atoms with van der Waals surface area (Å²) < 4.78 is 13.1. The van der Waals surface area contributed by atoms with Gasteiger partial charge in [0.25, 0.3) is 0 Å². The number of anilines is 1. The SMILES string of the molecule is CCC(Sc1nnc(C(C)Oc2cccc(OC)c2)n1C)C(=O)Nc1nccs1. The van der Waals surface area contributed by atoms with Gasteiger partial charge in [0.15, 0.2) is 22.2 Å². The zero-order valence-electron chi connectivity index (χ0n) is 16.7. The van der Waals surface area contributed by atoms with Gasteiger partial charge in [0.2, 0.25) is 5.91 Å². The van der Waals surface area contributed by atoms with Gasteiger partial charge in [0, 0.05) is 24.7 Å². The molecule has 0 aliphatic rings. The summed E-state index contributed by atoms with van der Waals surface area (Å²) in [7, 11) is 3.48. The van der Waals surface area contributed by atoms with Crippen molar-refractivity contribution in [3.63, 3.8) is 0 Å². The third kappa shape index (κ3) is 5.27. The van der Waals surface area contributed by atoms with Crippen molar-refractivity contribution in [3.8, 4) is 11.5 Å². The molecular formula is C19H23N5O3S2. The predicted octanol–water partition coefficient (Wildman–Crippen LogP) is 3.93. The number of ether oxygens (including phenoxy) is 2. The van der Waals surface area contributed by atoms with Crippen LogP contribution in [0.5, 0.6) is 11.5 Å². The molecule has 0 aliphatic carbocycles. The zero-order valence-corrected chi connectivity index (χ0v) is 18.3. The van der Waals surface area contributed by atoms with Gasteiger partial charge in [0.1, 0.15) is 11.5 Å². The number of benzene rings is 1. The number of hydrogen-bond acceptors (Lipinski definition) is 8. The molecule has 2 atom stereocenters. The van der Waals surface area contributed by atoms with Crippen LogP contribution in [0.4, 0.5) is 5.13 Å². The monoisotopic (exact) mass is 433 g/mol. The Kier molecular flexibility index (Phi) is 7.10. The van der Waals surface area contributed by atoms with E-state index in [9.17, 15) is 4.79 Å². The molecule has 0 aliphatic heterocycles. The van der Waals surface area contributed by atoms with Crippen LogP contribution >= 0.6 is 23.1 Å². The van der Waals surface area contributed by atoms with Crippen LogP contribution in [0.2, 0.25) is 0 Å². The highest BCUT2D eigenvalue weighted by atomic mass is 32.2.